The Morgan fingerprint density at radius 3 is 2.58 bits per heavy atom. The molecule has 2 aliphatic rings. The van der Waals surface area contributed by atoms with E-state index >= 15 is 0 Å². The molecule has 3 amide bonds. The van der Waals surface area contributed by atoms with Crippen molar-refractivity contribution in [1.29, 1.82) is 0 Å². The number of phenolic OH excluding ortho intramolecular Hbond substituents is 1. The van der Waals surface area contributed by atoms with Gasteiger partial charge in [0.1, 0.15) is 10.8 Å². The lowest BCUT2D eigenvalue weighted by Gasteiger charge is -2.30. The summed E-state index contributed by atoms with van der Waals surface area (Å²) >= 11 is 1.45. The molecule has 1 aliphatic carbocycles. The van der Waals surface area contributed by atoms with Gasteiger partial charge in [-0.3, -0.25) is 19.3 Å². The van der Waals surface area contributed by atoms with Crippen molar-refractivity contribution in [3.05, 3.63) is 40.3 Å². The fraction of sp³-hybridized carbons (Fsp3) is 0.409. The van der Waals surface area contributed by atoms with Crippen LogP contribution in [0.4, 0.5) is 10.7 Å². The first-order valence-corrected chi connectivity index (χ1v) is 11.3. The van der Waals surface area contributed by atoms with E-state index in [9.17, 15) is 19.5 Å². The predicted octanol–water partition coefficient (Wildman–Crippen LogP) is 2.33. The average Bonchev–Trinajstić information content (AvgIpc) is 3.30. The standard InChI is InChI=1S/C22H26N4O4S/c23-20(29)19-14-4-3-7-17(14)31-22(19)25-18(28)12-26-10-8-13(9-11-26)21(30)24-15-5-1-2-6-16(15)27/h1-2,5-6,13,27H,3-4,7-12H2,(H2,23,29)(H,24,30)(H,25,28). The number of nitrogens with one attached hydrogen (secondary N) is 2. The minimum atomic E-state index is -0.494. The number of rotatable bonds is 6. The van der Waals surface area contributed by atoms with Crippen LogP contribution in [0.25, 0.3) is 0 Å². The fourth-order valence-corrected chi connectivity index (χ4v) is 5.60. The van der Waals surface area contributed by atoms with Gasteiger partial charge in [0.15, 0.2) is 0 Å². The Morgan fingerprint density at radius 2 is 1.87 bits per heavy atom. The highest BCUT2D eigenvalue weighted by molar-refractivity contribution is 7.17. The smallest absolute Gasteiger partial charge is 0.251 e. The summed E-state index contributed by atoms with van der Waals surface area (Å²) in [6, 6.07) is 6.64. The molecule has 164 valence electrons. The van der Waals surface area contributed by atoms with Crippen molar-refractivity contribution in [3.8, 4) is 5.75 Å². The number of hydrogen-bond acceptors (Lipinski definition) is 6. The second-order valence-corrected chi connectivity index (χ2v) is 9.14. The zero-order valence-corrected chi connectivity index (χ0v) is 18.0. The number of anilines is 2. The maximum Gasteiger partial charge on any atom is 0.251 e. The molecule has 5 N–H and O–H groups in total. The lowest BCUT2D eigenvalue weighted by Crippen LogP contribution is -2.41. The first-order valence-electron chi connectivity index (χ1n) is 10.5. The summed E-state index contributed by atoms with van der Waals surface area (Å²) < 4.78 is 0. The van der Waals surface area contributed by atoms with Crippen LogP contribution < -0.4 is 16.4 Å². The SMILES string of the molecule is NC(=O)c1c(NC(=O)CN2CCC(C(=O)Nc3ccccc3O)CC2)sc2c1CCC2. The van der Waals surface area contributed by atoms with E-state index < -0.39 is 5.91 Å². The number of thiophene rings is 1. The molecule has 0 unspecified atom stereocenters. The second kappa shape index (κ2) is 9.07. The molecule has 8 nitrogen and oxygen atoms in total. The number of carbonyl (C=O) groups is 3. The number of hydrogen-bond donors (Lipinski definition) is 4. The van der Waals surface area contributed by atoms with Gasteiger partial charge in [-0.2, -0.15) is 0 Å². The zero-order valence-electron chi connectivity index (χ0n) is 17.1. The molecule has 0 bridgehead atoms. The highest BCUT2D eigenvalue weighted by atomic mass is 32.1. The third kappa shape index (κ3) is 4.72. The number of piperidine rings is 1. The summed E-state index contributed by atoms with van der Waals surface area (Å²) in [5.74, 6) is -0.921. The number of fused-ring (bicyclic) bond motifs is 1. The minimum Gasteiger partial charge on any atom is -0.506 e. The Hall–Kier alpha value is -2.91. The summed E-state index contributed by atoms with van der Waals surface area (Å²) in [4.78, 5) is 40.1. The maximum atomic E-state index is 12.6. The monoisotopic (exact) mass is 442 g/mol. The van der Waals surface area contributed by atoms with E-state index in [1.165, 1.54) is 17.4 Å². The van der Waals surface area contributed by atoms with E-state index in [-0.39, 0.29) is 30.0 Å². The average molecular weight is 443 g/mol. The van der Waals surface area contributed by atoms with E-state index in [0.717, 1.165) is 29.7 Å². The number of nitrogens with zero attached hydrogens (tertiary/aromatic N) is 1. The van der Waals surface area contributed by atoms with Crippen LogP contribution in [-0.2, 0) is 22.4 Å². The lowest BCUT2D eigenvalue weighted by molar-refractivity contribution is -0.121. The number of aromatic hydroxyl groups is 1. The molecule has 9 heteroatoms. The summed E-state index contributed by atoms with van der Waals surface area (Å²) in [6.45, 7) is 1.44. The van der Waals surface area contributed by atoms with E-state index in [1.807, 2.05) is 4.90 Å². The van der Waals surface area contributed by atoms with Gasteiger partial charge >= 0.3 is 0 Å². The summed E-state index contributed by atoms with van der Waals surface area (Å²) in [5, 5.41) is 16.0. The molecule has 1 fully saturated rings. The number of phenols is 1. The second-order valence-electron chi connectivity index (χ2n) is 8.03. The topological polar surface area (TPSA) is 125 Å². The fourth-order valence-electron chi connectivity index (χ4n) is 4.29. The van der Waals surface area contributed by atoms with Crippen molar-refractivity contribution in [2.24, 2.45) is 11.7 Å². The molecule has 4 rings (SSSR count). The third-order valence-electron chi connectivity index (χ3n) is 5.91. The number of para-hydroxylation sites is 2. The number of likely N-dealkylation sites (tertiary alicyclic amines) is 1. The van der Waals surface area contributed by atoms with E-state index in [0.29, 0.717) is 42.2 Å². The summed E-state index contributed by atoms with van der Waals surface area (Å²) in [6.07, 6.45) is 4.03. The Morgan fingerprint density at radius 1 is 1.13 bits per heavy atom. The Labute approximate surface area is 184 Å². The van der Waals surface area contributed by atoms with Crippen LogP contribution in [0.3, 0.4) is 0 Å². The number of amides is 3. The van der Waals surface area contributed by atoms with E-state index in [4.69, 9.17) is 5.73 Å². The first kappa shape index (κ1) is 21.3. The van der Waals surface area contributed by atoms with E-state index in [2.05, 4.69) is 10.6 Å². The first-order chi connectivity index (χ1) is 14.9. The van der Waals surface area contributed by atoms with Crippen LogP contribution in [-0.4, -0.2) is 47.4 Å². The molecule has 1 aliphatic heterocycles. The molecule has 0 radical (unpaired) electrons. The van der Waals surface area contributed by atoms with Gasteiger partial charge in [0.2, 0.25) is 11.8 Å². The van der Waals surface area contributed by atoms with Gasteiger partial charge in [-0.1, -0.05) is 12.1 Å². The van der Waals surface area contributed by atoms with Crippen molar-refractivity contribution in [1.82, 2.24) is 4.90 Å². The Bertz CT molecular complexity index is 1010. The van der Waals surface area contributed by atoms with E-state index in [1.54, 1.807) is 18.2 Å². The van der Waals surface area contributed by atoms with Crippen LogP contribution >= 0.6 is 11.3 Å². The Balaban J connectivity index is 1.28. The minimum absolute atomic E-state index is 0.0415. The number of primary amides is 1. The van der Waals surface area contributed by atoms with Crippen molar-refractivity contribution in [2.75, 3.05) is 30.3 Å². The van der Waals surface area contributed by atoms with Gasteiger partial charge in [0.05, 0.1) is 17.8 Å². The van der Waals surface area contributed by atoms with Gasteiger partial charge in [-0.05, 0) is 62.9 Å². The van der Waals surface area contributed by atoms with Crippen LogP contribution in [0.15, 0.2) is 24.3 Å². The van der Waals surface area contributed by atoms with Crippen LogP contribution in [0, 0.1) is 5.92 Å². The molecule has 2 aromatic rings. The molecule has 0 spiro atoms. The highest BCUT2D eigenvalue weighted by Gasteiger charge is 2.28. The van der Waals surface area contributed by atoms with Gasteiger partial charge < -0.3 is 21.5 Å². The van der Waals surface area contributed by atoms with Gasteiger partial charge in [0.25, 0.3) is 5.91 Å². The van der Waals surface area contributed by atoms with Crippen molar-refractivity contribution in [2.45, 2.75) is 32.1 Å². The molecular weight excluding hydrogens is 416 g/mol. The third-order valence-corrected chi connectivity index (χ3v) is 7.12. The largest absolute Gasteiger partial charge is 0.506 e. The summed E-state index contributed by atoms with van der Waals surface area (Å²) in [5.41, 5.74) is 7.41. The number of carbonyl (C=O) groups excluding carboxylic acids is 3. The van der Waals surface area contributed by atoms with Crippen LogP contribution in [0.1, 0.15) is 40.1 Å². The Kier molecular flexibility index (Phi) is 6.24. The molecule has 2 heterocycles. The lowest BCUT2D eigenvalue weighted by atomic mass is 9.95. The van der Waals surface area contributed by atoms with Crippen molar-refractivity contribution in [3.63, 3.8) is 0 Å². The molecular formula is C22H26N4O4S. The molecule has 1 saturated heterocycles. The molecule has 0 saturated carbocycles. The number of benzene rings is 1. The van der Waals surface area contributed by atoms with Crippen molar-refractivity contribution >= 4 is 39.7 Å². The van der Waals surface area contributed by atoms with Crippen LogP contribution in [0.2, 0.25) is 0 Å². The highest BCUT2D eigenvalue weighted by Crippen LogP contribution is 2.38. The molecule has 0 atom stereocenters. The van der Waals surface area contributed by atoms with Gasteiger partial charge in [-0.25, -0.2) is 0 Å². The normalized spacial score (nSPS) is 16.6. The quantitative estimate of drug-likeness (QED) is 0.511. The van der Waals surface area contributed by atoms with Gasteiger partial charge in [-0.15, -0.1) is 11.3 Å². The molecule has 1 aromatic carbocycles. The number of aryl methyl sites for hydroxylation is 1. The number of nitrogens with two attached hydrogens (primary N) is 1. The van der Waals surface area contributed by atoms with Crippen molar-refractivity contribution < 1.29 is 19.5 Å². The van der Waals surface area contributed by atoms with Crippen LogP contribution in [0.5, 0.6) is 5.75 Å². The zero-order chi connectivity index (χ0) is 22.0. The predicted molar refractivity (Wildman–Crippen MR) is 119 cm³/mol. The summed E-state index contributed by atoms with van der Waals surface area (Å²) in [7, 11) is 0. The molecule has 1 aromatic heterocycles. The maximum absolute atomic E-state index is 12.6. The molecule has 31 heavy (non-hydrogen) atoms. The van der Waals surface area contributed by atoms with Gasteiger partial charge in [0, 0.05) is 10.8 Å².